The summed E-state index contributed by atoms with van der Waals surface area (Å²) in [6, 6.07) is 10.5. The molecule has 4 heteroatoms. The standard InChI is InChI=1S/C11H13O2.BrH.Mg/c1-2-6-10(7-3-1)13-11-8-4-5-9-12-11;;/h1-2,6-7,11H,4-5,8-9H2;1H;/q-1;;+2/p-1. The number of benzene rings is 1. The summed E-state index contributed by atoms with van der Waals surface area (Å²) < 4.78 is 11.0. The Labute approximate surface area is 117 Å². The first-order chi connectivity index (χ1) is 6.45. The molecular formula is C11H13BrMgO2. The van der Waals surface area contributed by atoms with Gasteiger partial charge in [0, 0.05) is 12.2 Å². The van der Waals surface area contributed by atoms with E-state index in [0.29, 0.717) is 0 Å². The van der Waals surface area contributed by atoms with E-state index in [0.717, 1.165) is 25.2 Å². The summed E-state index contributed by atoms with van der Waals surface area (Å²) in [5.41, 5.74) is 0. The van der Waals surface area contributed by atoms with Crippen molar-refractivity contribution in [2.24, 2.45) is 0 Å². The molecule has 1 aromatic rings. The van der Waals surface area contributed by atoms with Gasteiger partial charge in [-0.1, -0.05) is 0 Å². The van der Waals surface area contributed by atoms with Crippen molar-refractivity contribution < 1.29 is 26.5 Å². The van der Waals surface area contributed by atoms with Crippen molar-refractivity contribution in [2.75, 3.05) is 6.61 Å². The van der Waals surface area contributed by atoms with E-state index in [-0.39, 0.29) is 46.3 Å². The van der Waals surface area contributed by atoms with Crippen LogP contribution in [0, 0.1) is 6.07 Å². The minimum Gasteiger partial charge on any atom is -1.00 e. The van der Waals surface area contributed by atoms with E-state index in [9.17, 15) is 0 Å². The van der Waals surface area contributed by atoms with Crippen molar-refractivity contribution in [3.05, 3.63) is 30.3 Å². The van der Waals surface area contributed by atoms with Crippen LogP contribution in [0.3, 0.4) is 0 Å². The maximum atomic E-state index is 5.60. The largest absolute Gasteiger partial charge is 2.00 e. The molecule has 0 saturated carbocycles. The molecule has 2 nitrogen and oxygen atoms in total. The van der Waals surface area contributed by atoms with Crippen LogP contribution in [0.5, 0.6) is 5.75 Å². The van der Waals surface area contributed by atoms with E-state index >= 15 is 0 Å². The number of halogens is 1. The second-order valence-electron chi connectivity index (χ2n) is 3.15. The van der Waals surface area contributed by atoms with E-state index in [2.05, 4.69) is 6.07 Å². The Hall–Kier alpha value is 0.226. The third-order valence-corrected chi connectivity index (χ3v) is 2.08. The monoisotopic (exact) mass is 280 g/mol. The molecule has 0 spiro atoms. The van der Waals surface area contributed by atoms with Crippen molar-refractivity contribution in [3.8, 4) is 5.75 Å². The van der Waals surface area contributed by atoms with Gasteiger partial charge in [-0.05, 0) is 12.8 Å². The summed E-state index contributed by atoms with van der Waals surface area (Å²) in [7, 11) is 0. The minimum absolute atomic E-state index is 0. The zero-order chi connectivity index (χ0) is 8.93. The van der Waals surface area contributed by atoms with Crippen LogP contribution in [0.4, 0.5) is 0 Å². The molecule has 1 saturated heterocycles. The van der Waals surface area contributed by atoms with Gasteiger partial charge in [0.05, 0.1) is 6.61 Å². The summed E-state index contributed by atoms with van der Waals surface area (Å²) in [6.07, 6.45) is 3.29. The van der Waals surface area contributed by atoms with Crippen LogP contribution in [-0.2, 0) is 4.74 Å². The molecule has 1 atom stereocenters. The van der Waals surface area contributed by atoms with Crippen molar-refractivity contribution in [1.82, 2.24) is 0 Å². The zero-order valence-electron chi connectivity index (χ0n) is 8.62. The quantitative estimate of drug-likeness (QED) is 0.512. The molecule has 0 aliphatic carbocycles. The van der Waals surface area contributed by atoms with Crippen molar-refractivity contribution in [3.63, 3.8) is 0 Å². The van der Waals surface area contributed by atoms with Gasteiger partial charge in [0.15, 0.2) is 6.29 Å². The molecule has 0 amide bonds. The van der Waals surface area contributed by atoms with Crippen LogP contribution in [0.15, 0.2) is 24.3 Å². The molecule has 2 rings (SSSR count). The normalized spacial score (nSPS) is 19.6. The molecule has 1 aliphatic heterocycles. The summed E-state index contributed by atoms with van der Waals surface area (Å²) in [5.74, 6) is 0.842. The molecular weight excluding hydrogens is 268 g/mol. The Morgan fingerprint density at radius 1 is 1.40 bits per heavy atom. The average Bonchev–Trinajstić information content (AvgIpc) is 2.21. The zero-order valence-corrected chi connectivity index (χ0v) is 11.6. The third-order valence-electron chi connectivity index (χ3n) is 2.08. The van der Waals surface area contributed by atoms with Crippen molar-refractivity contribution >= 4 is 23.1 Å². The molecule has 1 heterocycles. The van der Waals surface area contributed by atoms with Gasteiger partial charge in [-0.15, -0.1) is 12.1 Å². The fourth-order valence-corrected chi connectivity index (χ4v) is 1.41. The summed E-state index contributed by atoms with van der Waals surface area (Å²) >= 11 is 0. The van der Waals surface area contributed by atoms with Gasteiger partial charge in [-0.25, -0.2) is 0 Å². The number of hydrogen-bond acceptors (Lipinski definition) is 2. The maximum Gasteiger partial charge on any atom is 2.00 e. The van der Waals surface area contributed by atoms with E-state index in [4.69, 9.17) is 9.47 Å². The summed E-state index contributed by atoms with van der Waals surface area (Å²) in [4.78, 5) is 0. The first-order valence-corrected chi connectivity index (χ1v) is 4.69. The molecule has 1 fully saturated rings. The Morgan fingerprint density at radius 2 is 2.27 bits per heavy atom. The van der Waals surface area contributed by atoms with Crippen LogP contribution >= 0.6 is 0 Å². The summed E-state index contributed by atoms with van der Waals surface area (Å²) in [6.45, 7) is 0.821. The minimum atomic E-state index is -0.0513. The Morgan fingerprint density at radius 3 is 2.87 bits per heavy atom. The SMILES string of the molecule is [Br-].[Mg+2].[c-]1cccc(OC2CCCCO2)c1. The maximum absolute atomic E-state index is 5.60. The van der Waals surface area contributed by atoms with Crippen LogP contribution in [0.2, 0.25) is 0 Å². The Bertz CT molecular complexity index is 250. The molecule has 0 aromatic heterocycles. The average molecular weight is 281 g/mol. The fraction of sp³-hybridized carbons (Fsp3) is 0.455. The van der Waals surface area contributed by atoms with Gasteiger partial charge < -0.3 is 26.5 Å². The van der Waals surface area contributed by atoms with Crippen LogP contribution in [0.1, 0.15) is 19.3 Å². The molecule has 1 aliphatic rings. The molecule has 1 unspecified atom stereocenters. The Balaban J connectivity index is 0.000000980. The summed E-state index contributed by atoms with van der Waals surface area (Å²) in [5, 5.41) is 0. The molecule has 0 radical (unpaired) electrons. The van der Waals surface area contributed by atoms with Crippen molar-refractivity contribution in [2.45, 2.75) is 25.6 Å². The van der Waals surface area contributed by atoms with Crippen LogP contribution < -0.4 is 21.7 Å². The van der Waals surface area contributed by atoms with Gasteiger partial charge in [-0.2, -0.15) is 18.2 Å². The van der Waals surface area contributed by atoms with Crippen molar-refractivity contribution in [1.29, 1.82) is 0 Å². The van der Waals surface area contributed by atoms with Gasteiger partial charge in [0.2, 0.25) is 0 Å². The van der Waals surface area contributed by atoms with Crippen LogP contribution in [-0.4, -0.2) is 35.9 Å². The van der Waals surface area contributed by atoms with Gasteiger partial charge in [0.25, 0.3) is 0 Å². The second-order valence-corrected chi connectivity index (χ2v) is 3.15. The second kappa shape index (κ2) is 8.39. The van der Waals surface area contributed by atoms with Gasteiger partial charge >= 0.3 is 23.1 Å². The number of hydrogen-bond donors (Lipinski definition) is 0. The first-order valence-electron chi connectivity index (χ1n) is 4.69. The predicted molar refractivity (Wildman–Crippen MR) is 55.3 cm³/mol. The molecule has 78 valence electrons. The molecule has 0 bridgehead atoms. The molecule has 15 heavy (non-hydrogen) atoms. The van der Waals surface area contributed by atoms with E-state index in [1.165, 1.54) is 6.42 Å². The molecule has 1 aromatic carbocycles. The van der Waals surface area contributed by atoms with Gasteiger partial charge in [-0.3, -0.25) is 0 Å². The molecule has 0 N–H and O–H groups in total. The fourth-order valence-electron chi connectivity index (χ4n) is 1.41. The predicted octanol–water partition coefficient (Wildman–Crippen LogP) is -0.985. The number of rotatable bonds is 2. The van der Waals surface area contributed by atoms with Crippen LogP contribution in [0.25, 0.3) is 0 Å². The van der Waals surface area contributed by atoms with Gasteiger partial charge in [0.1, 0.15) is 0 Å². The van der Waals surface area contributed by atoms with E-state index < -0.39 is 0 Å². The Kier molecular flexibility index (Phi) is 8.51. The third kappa shape index (κ3) is 5.20. The van der Waals surface area contributed by atoms with E-state index in [1.54, 1.807) is 0 Å². The number of ether oxygens (including phenoxy) is 2. The topological polar surface area (TPSA) is 18.5 Å². The van der Waals surface area contributed by atoms with E-state index in [1.807, 2.05) is 24.3 Å². The first kappa shape index (κ1) is 15.2. The smallest absolute Gasteiger partial charge is 1.00 e.